The Morgan fingerprint density at radius 3 is 0.533 bits per heavy atom. The summed E-state index contributed by atoms with van der Waals surface area (Å²) in [5.74, 6) is 0. The van der Waals surface area contributed by atoms with Crippen LogP contribution in [0.5, 0.6) is 0 Å². The molecule has 0 spiro atoms. The fourth-order valence-corrected chi connectivity index (χ4v) is 0. The monoisotopic (exact) mass is 269 g/mol. The summed E-state index contributed by atoms with van der Waals surface area (Å²) < 4.78 is 37.5. The van der Waals surface area contributed by atoms with E-state index in [-0.39, 0.29) is 25.3 Å². The first kappa shape index (κ1) is 46.6. The molecule has 0 aromatic heterocycles. The number of hydrogen-bond donors (Lipinski definition) is 0. The number of hydrogen-bond acceptors (Lipinski definition) is 0. The van der Waals surface area contributed by atoms with E-state index in [1.165, 1.54) is 0 Å². The average Bonchev–Trinajstić information content (AvgIpc) is 2.30. The maximum Gasteiger partial charge on any atom is 0 e. The van der Waals surface area contributed by atoms with Crippen LogP contribution in [0.1, 0.15) is 0 Å². The third-order valence-corrected chi connectivity index (χ3v) is 0. The second kappa shape index (κ2) is 309. The molecule has 0 aromatic carbocycles. The van der Waals surface area contributed by atoms with Crippen LogP contribution in [0.3, 0.4) is 0 Å². The summed E-state index contributed by atoms with van der Waals surface area (Å²) in [6.07, 6.45) is 0. The zero-order valence-corrected chi connectivity index (χ0v) is 10.7. The van der Waals surface area contributed by atoms with Crippen LogP contribution in [0.15, 0.2) is 0 Å². The molecule has 0 bridgehead atoms. The fourth-order valence-electron chi connectivity index (χ4n) is 0. The Labute approximate surface area is 102 Å². The van der Waals surface area contributed by atoms with Crippen molar-refractivity contribution >= 4 is 7.92 Å². The van der Waals surface area contributed by atoms with E-state index in [0.29, 0.717) is 0 Å². The predicted molar refractivity (Wildman–Crippen MR) is 45.7 cm³/mol. The molecule has 0 unspecified atom stereocenters. The largest absolute Gasteiger partial charge is 0 e. The first-order valence-electron chi connectivity index (χ1n) is 2.52. The van der Waals surface area contributed by atoms with Crippen molar-refractivity contribution in [1.29, 1.82) is 0 Å². The summed E-state index contributed by atoms with van der Waals surface area (Å²) in [6.45, 7) is 29.3. The van der Waals surface area contributed by atoms with Gasteiger partial charge >= 0.3 is 56.5 Å². The van der Waals surface area contributed by atoms with Crippen LogP contribution < -0.4 is 0 Å². The number of rotatable bonds is 0. The molecule has 0 rings (SSSR count). The Kier molecular flexibility index (Phi) is 960. The standard InChI is InChI=1S/C3H9P.5CO.Cr/c1-4(2)3;5*1-2;/h1-3H3;;;;;;/p+1. The quantitative estimate of drug-likeness (QED) is 0.354. The van der Waals surface area contributed by atoms with Crippen LogP contribution in [0.25, 0.3) is 0 Å². The minimum Gasteiger partial charge on any atom is 0 e. The first-order chi connectivity index (χ1) is 6.73. The second-order valence-corrected chi connectivity index (χ2v) is 4.50. The van der Waals surface area contributed by atoms with E-state index in [4.69, 9.17) is 23.3 Å². The van der Waals surface area contributed by atoms with Gasteiger partial charge in [-0.1, -0.05) is 0 Å². The normalized spacial score (nSPS) is 3.07. The van der Waals surface area contributed by atoms with Gasteiger partial charge in [0, 0.05) is 37.4 Å². The summed E-state index contributed by atoms with van der Waals surface area (Å²) in [5, 5.41) is 0. The minimum atomic E-state index is 0. The van der Waals surface area contributed by atoms with Gasteiger partial charge in [-0.3, -0.25) is 0 Å². The van der Waals surface area contributed by atoms with Gasteiger partial charge in [0.15, 0.2) is 0 Å². The van der Waals surface area contributed by atoms with Gasteiger partial charge < -0.3 is 0 Å². The van der Waals surface area contributed by atoms with Gasteiger partial charge in [0.2, 0.25) is 0 Å². The van der Waals surface area contributed by atoms with E-state index in [9.17, 15) is 0 Å². The molecule has 7 heteroatoms. The maximum atomic E-state index is 7.50. The molecule has 0 aromatic rings. The van der Waals surface area contributed by atoms with Gasteiger partial charge in [-0.25, -0.2) is 0 Å². The smallest absolute Gasteiger partial charge is 0 e. The van der Waals surface area contributed by atoms with Gasteiger partial charge in [0.25, 0.3) is 0 Å². The molecule has 0 heterocycles. The zero-order chi connectivity index (χ0) is 13.6. The van der Waals surface area contributed by atoms with Crippen molar-refractivity contribution in [3.63, 3.8) is 0 Å². The van der Waals surface area contributed by atoms with E-state index >= 15 is 0 Å². The minimum absolute atomic E-state index is 0. The van der Waals surface area contributed by atoms with Crippen molar-refractivity contribution in [1.82, 2.24) is 0 Å². The van der Waals surface area contributed by atoms with Crippen molar-refractivity contribution in [3.05, 3.63) is 33.3 Å². The van der Waals surface area contributed by atoms with Crippen molar-refractivity contribution in [3.8, 4) is 0 Å². The van der Waals surface area contributed by atoms with Crippen LogP contribution in [0.2, 0.25) is 0 Å². The Balaban J connectivity index is -0.0000000105. The molecule has 0 atom stereocenters. The molecule has 0 aliphatic heterocycles. The van der Waals surface area contributed by atoms with E-state index in [2.05, 4.69) is 53.2 Å². The third kappa shape index (κ3) is 16300. The summed E-state index contributed by atoms with van der Waals surface area (Å²) in [5.41, 5.74) is 0. The molecule has 15 heavy (non-hydrogen) atoms. The molecular formula is C8H10CrO5P+. The zero-order valence-electron chi connectivity index (χ0n) is 8.45. The molecule has 82 valence electrons. The van der Waals surface area contributed by atoms with Gasteiger partial charge in [-0.05, 0) is 7.92 Å². The molecule has 0 aliphatic rings. The topological polar surface area (TPSA) is 99.5 Å². The molecule has 0 fully saturated rings. The molecular weight excluding hydrogens is 259 g/mol. The Bertz CT molecular complexity index is 110. The van der Waals surface area contributed by atoms with Crippen LogP contribution in [0.4, 0.5) is 0 Å². The van der Waals surface area contributed by atoms with Crippen molar-refractivity contribution in [2.45, 2.75) is 0 Å². The van der Waals surface area contributed by atoms with Crippen molar-refractivity contribution in [2.24, 2.45) is 0 Å². The summed E-state index contributed by atoms with van der Waals surface area (Å²) in [6, 6.07) is 0. The Hall–Kier alpha value is -0.338. The average molecular weight is 269 g/mol. The van der Waals surface area contributed by atoms with Crippen LogP contribution in [0, 0.1) is 33.3 Å². The van der Waals surface area contributed by atoms with E-state index in [1.807, 2.05) is 0 Å². The molecule has 0 amide bonds. The van der Waals surface area contributed by atoms with E-state index in [1.54, 1.807) is 0 Å². The van der Waals surface area contributed by atoms with Crippen molar-refractivity contribution < 1.29 is 40.6 Å². The maximum absolute atomic E-state index is 7.50. The van der Waals surface area contributed by atoms with Gasteiger partial charge in [0.05, 0.1) is 0 Å². The molecule has 0 radical (unpaired) electrons. The Morgan fingerprint density at radius 2 is 0.533 bits per heavy atom. The fraction of sp³-hybridized carbons (Fsp3) is 0.375. The molecule has 0 saturated heterocycles. The van der Waals surface area contributed by atoms with E-state index < -0.39 is 0 Å². The second-order valence-electron chi connectivity index (χ2n) is 1.50. The molecule has 0 saturated carbocycles. The summed E-state index contributed by atoms with van der Waals surface area (Å²) >= 11 is 0. The molecule has 5 nitrogen and oxygen atoms in total. The van der Waals surface area contributed by atoms with Gasteiger partial charge in [-0.2, -0.15) is 0 Å². The van der Waals surface area contributed by atoms with Gasteiger partial charge in [-0.15, -0.1) is 0 Å². The SMILES string of the molecule is C[PH+](C)C.[C-]#[O+].[C-]#[O+].[C-]#[O+].[C-]#[O+].[C-]#[O+].[Cr]. The summed E-state index contributed by atoms with van der Waals surface area (Å²) in [7, 11) is 0.120. The third-order valence-electron chi connectivity index (χ3n) is 0. The predicted octanol–water partition coefficient (Wildman–Crippen LogP) is 0.900. The van der Waals surface area contributed by atoms with Crippen LogP contribution in [-0.4, -0.2) is 20.0 Å². The molecule has 0 aliphatic carbocycles. The Morgan fingerprint density at radius 1 is 0.533 bits per heavy atom. The van der Waals surface area contributed by atoms with Gasteiger partial charge in [0.1, 0.15) is 0 Å². The first-order valence-corrected chi connectivity index (χ1v) is 5.52. The summed E-state index contributed by atoms with van der Waals surface area (Å²) in [4.78, 5) is 0. The van der Waals surface area contributed by atoms with Crippen LogP contribution in [-0.2, 0) is 40.6 Å². The van der Waals surface area contributed by atoms with E-state index in [0.717, 1.165) is 0 Å². The van der Waals surface area contributed by atoms with Crippen LogP contribution >= 0.6 is 7.92 Å². The van der Waals surface area contributed by atoms with Crippen molar-refractivity contribution in [2.75, 3.05) is 20.0 Å². The molecule has 0 N–H and O–H groups in total.